The van der Waals surface area contributed by atoms with Crippen molar-refractivity contribution in [2.45, 2.75) is 37.8 Å². The van der Waals surface area contributed by atoms with Crippen molar-refractivity contribution in [2.75, 3.05) is 56.0 Å². The number of amides is 1. The Morgan fingerprint density at radius 3 is 2.47 bits per heavy atom. The molecule has 2 heterocycles. The van der Waals surface area contributed by atoms with Gasteiger partial charge in [0.25, 0.3) is 0 Å². The van der Waals surface area contributed by atoms with Crippen LogP contribution in [0.1, 0.15) is 25.0 Å². The van der Waals surface area contributed by atoms with Crippen LogP contribution in [-0.2, 0) is 14.8 Å². The minimum absolute atomic E-state index is 0.117. The highest BCUT2D eigenvalue weighted by atomic mass is 32.2. The average molecular weight is 511 g/mol. The van der Waals surface area contributed by atoms with Crippen LogP contribution in [0.25, 0.3) is 0 Å². The van der Waals surface area contributed by atoms with E-state index in [0.29, 0.717) is 18.7 Å². The molecule has 2 fully saturated rings. The minimum atomic E-state index is -3.77. The van der Waals surface area contributed by atoms with Crippen LogP contribution in [0.4, 0.5) is 11.4 Å². The van der Waals surface area contributed by atoms with Gasteiger partial charge in [-0.3, -0.25) is 9.69 Å². The summed E-state index contributed by atoms with van der Waals surface area (Å²) in [5.41, 5.74) is 3.21. The summed E-state index contributed by atoms with van der Waals surface area (Å²) in [7, 11) is -3.77. The Balaban J connectivity index is 1.41. The molecule has 0 saturated carbocycles. The summed E-state index contributed by atoms with van der Waals surface area (Å²) in [6, 6.07) is 13.6. The number of aryl methyl sites for hydroxylation is 1. The third kappa shape index (κ3) is 5.71. The molecule has 2 atom stereocenters. The molecule has 2 aromatic rings. The van der Waals surface area contributed by atoms with E-state index in [2.05, 4.69) is 21.6 Å². The SMILES string of the molecule is Cc1ccc(N2CCNCC2)cc1NC(=O)CN1CC(C)N(S(=O)(=O)c2cccc(C#N)c2)C(C)C1. The fraction of sp³-hybridized carbons (Fsp3) is 0.462. The van der Waals surface area contributed by atoms with Gasteiger partial charge in [-0.15, -0.1) is 0 Å². The molecule has 0 radical (unpaired) electrons. The van der Waals surface area contributed by atoms with Gasteiger partial charge in [0.15, 0.2) is 0 Å². The van der Waals surface area contributed by atoms with E-state index in [9.17, 15) is 13.2 Å². The zero-order valence-corrected chi connectivity index (χ0v) is 21.9. The molecule has 2 saturated heterocycles. The second-order valence-corrected chi connectivity index (χ2v) is 11.5. The number of benzene rings is 2. The van der Waals surface area contributed by atoms with E-state index in [-0.39, 0.29) is 29.4 Å². The second kappa shape index (κ2) is 11.0. The maximum absolute atomic E-state index is 13.4. The number of nitrogens with zero attached hydrogens (tertiary/aromatic N) is 4. The minimum Gasteiger partial charge on any atom is -0.369 e. The van der Waals surface area contributed by atoms with Gasteiger partial charge in [-0.25, -0.2) is 8.42 Å². The first kappa shape index (κ1) is 26.1. The van der Waals surface area contributed by atoms with Gasteiger partial charge in [-0.2, -0.15) is 9.57 Å². The number of rotatable bonds is 6. The lowest BCUT2D eigenvalue weighted by Crippen LogP contribution is -2.59. The Morgan fingerprint density at radius 2 is 1.81 bits per heavy atom. The summed E-state index contributed by atoms with van der Waals surface area (Å²) in [6.07, 6.45) is 0. The molecule has 36 heavy (non-hydrogen) atoms. The number of carbonyl (C=O) groups excluding carboxylic acids is 1. The summed E-state index contributed by atoms with van der Waals surface area (Å²) in [5.74, 6) is -0.118. The molecule has 0 bridgehead atoms. The Kier molecular flexibility index (Phi) is 7.95. The van der Waals surface area contributed by atoms with Crippen molar-refractivity contribution in [3.8, 4) is 6.07 Å². The molecule has 1 amide bonds. The fourth-order valence-corrected chi connectivity index (χ4v) is 6.98. The largest absolute Gasteiger partial charge is 0.369 e. The summed E-state index contributed by atoms with van der Waals surface area (Å²) in [6.45, 7) is 10.5. The predicted molar refractivity (Wildman–Crippen MR) is 140 cm³/mol. The molecule has 10 heteroatoms. The van der Waals surface area contributed by atoms with E-state index in [0.717, 1.165) is 43.1 Å². The van der Waals surface area contributed by atoms with Gasteiger partial charge >= 0.3 is 0 Å². The second-order valence-electron chi connectivity index (χ2n) is 9.65. The summed E-state index contributed by atoms with van der Waals surface area (Å²) < 4.78 is 28.2. The highest BCUT2D eigenvalue weighted by Crippen LogP contribution is 2.27. The lowest BCUT2D eigenvalue weighted by Gasteiger charge is -2.43. The normalized spacial score (nSPS) is 21.7. The van der Waals surface area contributed by atoms with Crippen LogP contribution in [0.15, 0.2) is 47.4 Å². The number of nitrogens with one attached hydrogen (secondary N) is 2. The highest BCUT2D eigenvalue weighted by Gasteiger charge is 2.39. The zero-order chi connectivity index (χ0) is 25.9. The first-order valence-corrected chi connectivity index (χ1v) is 13.8. The predicted octanol–water partition coefficient (Wildman–Crippen LogP) is 2.00. The Labute approximate surface area is 213 Å². The van der Waals surface area contributed by atoms with Crippen LogP contribution in [0.5, 0.6) is 0 Å². The average Bonchev–Trinajstić information content (AvgIpc) is 2.85. The smallest absolute Gasteiger partial charge is 0.243 e. The number of hydrogen-bond donors (Lipinski definition) is 2. The van der Waals surface area contributed by atoms with Gasteiger partial charge in [0.1, 0.15) is 0 Å². The van der Waals surface area contributed by atoms with Crippen molar-refractivity contribution in [1.29, 1.82) is 5.26 Å². The van der Waals surface area contributed by atoms with Gasteiger partial charge in [0.2, 0.25) is 15.9 Å². The summed E-state index contributed by atoms with van der Waals surface area (Å²) >= 11 is 0. The molecular weight excluding hydrogens is 476 g/mol. The maximum atomic E-state index is 13.4. The summed E-state index contributed by atoms with van der Waals surface area (Å²) in [4.78, 5) is 17.4. The molecule has 2 aliphatic heterocycles. The summed E-state index contributed by atoms with van der Waals surface area (Å²) in [5, 5.41) is 15.6. The third-order valence-corrected chi connectivity index (χ3v) is 8.92. The lowest BCUT2D eigenvalue weighted by atomic mass is 10.1. The maximum Gasteiger partial charge on any atom is 0.243 e. The first-order valence-electron chi connectivity index (χ1n) is 12.3. The molecule has 4 rings (SSSR count). The van der Waals surface area contributed by atoms with E-state index in [1.165, 1.54) is 16.4 Å². The number of anilines is 2. The molecule has 192 valence electrons. The van der Waals surface area contributed by atoms with Gasteiger partial charge in [-0.1, -0.05) is 12.1 Å². The van der Waals surface area contributed by atoms with E-state index >= 15 is 0 Å². The molecule has 0 spiro atoms. The molecular formula is C26H34N6O3S. The van der Waals surface area contributed by atoms with Crippen LogP contribution in [0, 0.1) is 18.3 Å². The van der Waals surface area contributed by atoms with Crippen LogP contribution in [-0.4, -0.2) is 81.4 Å². The molecule has 0 aliphatic carbocycles. The standard InChI is InChI=1S/C26H34N6O3S/c1-19-7-8-23(31-11-9-28-10-12-31)14-25(19)29-26(33)18-30-16-20(2)32(21(3)17-30)36(34,35)24-6-4-5-22(13-24)15-27/h4-8,13-14,20-21,28H,9-12,16-18H2,1-3H3,(H,29,33). The number of carbonyl (C=O) groups is 1. The van der Waals surface area contributed by atoms with Crippen LogP contribution in [0.2, 0.25) is 0 Å². The van der Waals surface area contributed by atoms with Crippen molar-refractivity contribution in [3.63, 3.8) is 0 Å². The van der Waals surface area contributed by atoms with E-state index in [1.54, 1.807) is 12.1 Å². The topological polar surface area (TPSA) is 109 Å². The van der Waals surface area contributed by atoms with Gasteiger partial charge in [0.05, 0.1) is 23.1 Å². The molecule has 2 aliphatic rings. The number of sulfonamides is 1. The van der Waals surface area contributed by atoms with E-state index in [1.807, 2.05) is 43.9 Å². The van der Waals surface area contributed by atoms with Crippen LogP contribution >= 0.6 is 0 Å². The van der Waals surface area contributed by atoms with Gasteiger partial charge < -0.3 is 15.5 Å². The van der Waals surface area contributed by atoms with Crippen LogP contribution in [0.3, 0.4) is 0 Å². The highest BCUT2D eigenvalue weighted by molar-refractivity contribution is 7.89. The monoisotopic (exact) mass is 510 g/mol. The fourth-order valence-electron chi connectivity index (χ4n) is 5.13. The number of hydrogen-bond acceptors (Lipinski definition) is 7. The van der Waals surface area contributed by atoms with Crippen molar-refractivity contribution < 1.29 is 13.2 Å². The van der Waals surface area contributed by atoms with Crippen molar-refractivity contribution in [1.82, 2.24) is 14.5 Å². The van der Waals surface area contributed by atoms with Crippen molar-refractivity contribution in [3.05, 3.63) is 53.6 Å². The molecule has 0 aromatic heterocycles. The quantitative estimate of drug-likeness (QED) is 0.612. The Morgan fingerprint density at radius 1 is 1.11 bits per heavy atom. The van der Waals surface area contributed by atoms with Gasteiger partial charge in [-0.05, 0) is 56.7 Å². The molecule has 2 aromatic carbocycles. The Bertz CT molecular complexity index is 1240. The van der Waals surface area contributed by atoms with Crippen molar-refractivity contribution >= 4 is 27.3 Å². The third-order valence-electron chi connectivity index (χ3n) is 6.80. The van der Waals surface area contributed by atoms with Crippen LogP contribution < -0.4 is 15.5 Å². The number of piperazine rings is 2. The van der Waals surface area contributed by atoms with E-state index in [4.69, 9.17) is 5.26 Å². The molecule has 9 nitrogen and oxygen atoms in total. The molecule has 2 unspecified atom stereocenters. The Hall–Kier alpha value is -2.97. The molecule has 2 N–H and O–H groups in total. The first-order chi connectivity index (χ1) is 17.2. The number of nitriles is 1. The van der Waals surface area contributed by atoms with Crippen molar-refractivity contribution in [2.24, 2.45) is 0 Å². The lowest BCUT2D eigenvalue weighted by molar-refractivity contribution is -0.118. The van der Waals surface area contributed by atoms with Gasteiger partial charge in [0, 0.05) is 62.7 Å². The zero-order valence-electron chi connectivity index (χ0n) is 21.1. The van der Waals surface area contributed by atoms with E-state index < -0.39 is 10.0 Å².